The van der Waals surface area contributed by atoms with Crippen molar-refractivity contribution in [1.82, 2.24) is 10.2 Å². The van der Waals surface area contributed by atoms with Crippen LogP contribution in [0.5, 0.6) is 0 Å². The van der Waals surface area contributed by atoms with Gasteiger partial charge >= 0.3 is 0 Å². The van der Waals surface area contributed by atoms with Gasteiger partial charge in [0.1, 0.15) is 0 Å². The van der Waals surface area contributed by atoms with Gasteiger partial charge in [-0.1, -0.05) is 0 Å². The van der Waals surface area contributed by atoms with Gasteiger partial charge in [-0.25, -0.2) is 0 Å². The predicted molar refractivity (Wildman–Crippen MR) is 42.2 cm³/mol. The van der Waals surface area contributed by atoms with E-state index in [1.165, 1.54) is 0 Å². The summed E-state index contributed by atoms with van der Waals surface area (Å²) in [6.45, 7) is 2.41. The van der Waals surface area contributed by atoms with E-state index in [1.807, 2.05) is 13.0 Å². The minimum absolute atomic E-state index is 0.0278. The lowest BCUT2D eigenvalue weighted by Crippen LogP contribution is -2.16. The Morgan fingerprint density at radius 2 is 2.55 bits per heavy atom. The first-order chi connectivity index (χ1) is 5.27. The first-order valence-corrected chi connectivity index (χ1v) is 3.60. The van der Waals surface area contributed by atoms with Crippen molar-refractivity contribution in [3.05, 3.63) is 17.5 Å². The molecule has 0 spiro atoms. The number of aromatic amines is 1. The minimum Gasteiger partial charge on any atom is -0.396 e. The molecule has 11 heavy (non-hydrogen) atoms. The molecule has 4 heteroatoms. The molecule has 0 aromatic carbocycles. The van der Waals surface area contributed by atoms with E-state index in [4.69, 9.17) is 10.8 Å². The second-order valence-corrected chi connectivity index (χ2v) is 2.59. The van der Waals surface area contributed by atoms with Gasteiger partial charge in [-0.05, 0) is 13.0 Å². The summed E-state index contributed by atoms with van der Waals surface area (Å²) in [5.74, 6) is -0.0278. The molecule has 1 atom stereocenters. The molecule has 1 aromatic heterocycles. The molecular formula is C7H13N3O. The van der Waals surface area contributed by atoms with E-state index in [-0.39, 0.29) is 12.5 Å². The summed E-state index contributed by atoms with van der Waals surface area (Å²) in [7, 11) is 0. The van der Waals surface area contributed by atoms with Crippen LogP contribution in [0.3, 0.4) is 0 Å². The van der Waals surface area contributed by atoms with Crippen molar-refractivity contribution in [3.8, 4) is 0 Å². The molecule has 0 bridgehead atoms. The molecule has 0 amide bonds. The van der Waals surface area contributed by atoms with E-state index >= 15 is 0 Å². The van der Waals surface area contributed by atoms with Crippen LogP contribution < -0.4 is 5.73 Å². The highest BCUT2D eigenvalue weighted by Gasteiger charge is 2.10. The smallest absolute Gasteiger partial charge is 0.0691 e. The van der Waals surface area contributed by atoms with Crippen molar-refractivity contribution in [2.24, 2.45) is 5.73 Å². The number of H-pyrrole nitrogens is 1. The van der Waals surface area contributed by atoms with Gasteiger partial charge in [-0.15, -0.1) is 0 Å². The zero-order valence-electron chi connectivity index (χ0n) is 6.54. The fourth-order valence-corrected chi connectivity index (χ4v) is 0.937. The van der Waals surface area contributed by atoms with E-state index in [2.05, 4.69) is 10.2 Å². The van der Waals surface area contributed by atoms with Crippen LogP contribution in [0.1, 0.15) is 17.3 Å². The maximum absolute atomic E-state index is 8.85. The Kier molecular flexibility index (Phi) is 2.62. The lowest BCUT2D eigenvalue weighted by atomic mass is 10.1. The maximum Gasteiger partial charge on any atom is 0.0691 e. The number of rotatable bonds is 3. The molecule has 0 saturated carbocycles. The van der Waals surface area contributed by atoms with Crippen LogP contribution in [0.25, 0.3) is 0 Å². The Balaban J connectivity index is 2.73. The number of nitrogens with zero attached hydrogens (tertiary/aromatic N) is 1. The van der Waals surface area contributed by atoms with Crippen LogP contribution in [0.4, 0.5) is 0 Å². The lowest BCUT2D eigenvalue weighted by molar-refractivity contribution is 0.265. The van der Waals surface area contributed by atoms with Crippen molar-refractivity contribution in [2.75, 3.05) is 13.2 Å². The Morgan fingerprint density at radius 1 is 1.82 bits per heavy atom. The van der Waals surface area contributed by atoms with Gasteiger partial charge in [-0.3, -0.25) is 5.10 Å². The molecule has 4 N–H and O–H groups in total. The highest BCUT2D eigenvalue weighted by Crippen LogP contribution is 2.10. The Bertz CT molecular complexity index is 217. The zero-order valence-corrected chi connectivity index (χ0v) is 6.54. The Labute approximate surface area is 65.4 Å². The van der Waals surface area contributed by atoms with E-state index in [0.717, 1.165) is 11.4 Å². The first-order valence-electron chi connectivity index (χ1n) is 3.60. The summed E-state index contributed by atoms with van der Waals surface area (Å²) >= 11 is 0. The summed E-state index contributed by atoms with van der Waals surface area (Å²) in [4.78, 5) is 0. The molecule has 0 radical (unpaired) electrons. The third-order valence-electron chi connectivity index (χ3n) is 1.65. The standard InChI is InChI=1S/C7H13N3O/c1-5-2-7(10-9-5)6(3-8)4-11/h2,6,11H,3-4,8H2,1H3,(H,9,10). The second-order valence-electron chi connectivity index (χ2n) is 2.59. The molecule has 0 aliphatic heterocycles. The monoisotopic (exact) mass is 155 g/mol. The van der Waals surface area contributed by atoms with Gasteiger partial charge in [-0.2, -0.15) is 5.10 Å². The summed E-state index contributed by atoms with van der Waals surface area (Å²) in [5.41, 5.74) is 7.24. The van der Waals surface area contributed by atoms with Gasteiger partial charge in [0.25, 0.3) is 0 Å². The van der Waals surface area contributed by atoms with Crippen LogP contribution >= 0.6 is 0 Å². The highest BCUT2D eigenvalue weighted by molar-refractivity contribution is 5.12. The number of aromatic nitrogens is 2. The predicted octanol–water partition coefficient (Wildman–Crippen LogP) is -0.247. The summed E-state index contributed by atoms with van der Waals surface area (Å²) in [5, 5.41) is 15.6. The number of aryl methyl sites for hydroxylation is 1. The average Bonchev–Trinajstić information content (AvgIpc) is 2.39. The fraction of sp³-hybridized carbons (Fsp3) is 0.571. The van der Waals surface area contributed by atoms with Gasteiger partial charge in [0, 0.05) is 18.2 Å². The van der Waals surface area contributed by atoms with Crippen molar-refractivity contribution in [3.63, 3.8) is 0 Å². The normalized spacial score (nSPS) is 13.4. The van der Waals surface area contributed by atoms with Gasteiger partial charge in [0.2, 0.25) is 0 Å². The molecule has 1 aromatic rings. The number of aliphatic hydroxyl groups is 1. The molecule has 0 aliphatic carbocycles. The van der Waals surface area contributed by atoms with Crippen molar-refractivity contribution < 1.29 is 5.11 Å². The van der Waals surface area contributed by atoms with E-state index in [0.29, 0.717) is 6.54 Å². The van der Waals surface area contributed by atoms with Crippen molar-refractivity contribution in [2.45, 2.75) is 12.8 Å². The van der Waals surface area contributed by atoms with Crippen LogP contribution in [-0.4, -0.2) is 28.5 Å². The van der Waals surface area contributed by atoms with E-state index in [9.17, 15) is 0 Å². The third kappa shape index (κ3) is 1.78. The Morgan fingerprint density at radius 3 is 2.91 bits per heavy atom. The molecule has 0 saturated heterocycles. The molecule has 62 valence electrons. The molecule has 1 unspecified atom stereocenters. The van der Waals surface area contributed by atoms with E-state index in [1.54, 1.807) is 0 Å². The summed E-state index contributed by atoms with van der Waals surface area (Å²) in [6.07, 6.45) is 0. The quantitative estimate of drug-likeness (QED) is 0.563. The number of aliphatic hydroxyl groups excluding tert-OH is 1. The zero-order chi connectivity index (χ0) is 8.27. The average molecular weight is 155 g/mol. The molecule has 0 aliphatic rings. The molecule has 4 nitrogen and oxygen atoms in total. The van der Waals surface area contributed by atoms with Crippen LogP contribution in [0.15, 0.2) is 6.07 Å². The minimum atomic E-state index is -0.0278. The topological polar surface area (TPSA) is 74.9 Å². The number of hydrogen-bond acceptors (Lipinski definition) is 3. The van der Waals surface area contributed by atoms with Crippen LogP contribution in [0, 0.1) is 6.92 Å². The largest absolute Gasteiger partial charge is 0.396 e. The van der Waals surface area contributed by atoms with Crippen LogP contribution in [0.2, 0.25) is 0 Å². The lowest BCUT2D eigenvalue weighted by Gasteiger charge is -2.05. The van der Waals surface area contributed by atoms with Gasteiger partial charge in [0.05, 0.1) is 12.3 Å². The first kappa shape index (κ1) is 8.23. The Hall–Kier alpha value is -0.870. The van der Waals surface area contributed by atoms with Gasteiger partial charge < -0.3 is 10.8 Å². The van der Waals surface area contributed by atoms with Crippen LogP contribution in [-0.2, 0) is 0 Å². The SMILES string of the molecule is Cc1cc(C(CN)CO)n[nH]1. The third-order valence-corrected chi connectivity index (χ3v) is 1.65. The number of nitrogens with two attached hydrogens (primary N) is 1. The molecule has 1 heterocycles. The molecular weight excluding hydrogens is 142 g/mol. The summed E-state index contributed by atoms with van der Waals surface area (Å²) < 4.78 is 0. The number of hydrogen-bond donors (Lipinski definition) is 3. The van der Waals surface area contributed by atoms with Crippen molar-refractivity contribution >= 4 is 0 Å². The maximum atomic E-state index is 8.85. The number of nitrogens with one attached hydrogen (secondary N) is 1. The second kappa shape index (κ2) is 3.50. The molecule has 0 fully saturated rings. The highest BCUT2D eigenvalue weighted by atomic mass is 16.3. The van der Waals surface area contributed by atoms with E-state index < -0.39 is 0 Å². The summed E-state index contributed by atoms with van der Waals surface area (Å²) in [6, 6.07) is 1.90. The fourth-order valence-electron chi connectivity index (χ4n) is 0.937. The molecule has 1 rings (SSSR count). The van der Waals surface area contributed by atoms with Crippen molar-refractivity contribution in [1.29, 1.82) is 0 Å². The van der Waals surface area contributed by atoms with Gasteiger partial charge in [0.15, 0.2) is 0 Å².